The van der Waals surface area contributed by atoms with Gasteiger partial charge in [-0.25, -0.2) is 8.42 Å². The lowest BCUT2D eigenvalue weighted by Crippen LogP contribution is -2.00. The Hall–Kier alpha value is -3.03. The van der Waals surface area contributed by atoms with Crippen molar-refractivity contribution in [2.24, 2.45) is 4.99 Å². The molecule has 3 rings (SSSR count). The van der Waals surface area contributed by atoms with Crippen LogP contribution in [0.4, 0.5) is 5.69 Å². The number of phenolic OH excluding ortho intramolecular Hbond substituents is 2. The van der Waals surface area contributed by atoms with Crippen LogP contribution in [0, 0.1) is 0 Å². The maximum absolute atomic E-state index is 11.5. The van der Waals surface area contributed by atoms with Gasteiger partial charge in [0.2, 0.25) is 0 Å². The summed E-state index contributed by atoms with van der Waals surface area (Å²) >= 11 is 0. The highest BCUT2D eigenvalue weighted by atomic mass is 32.2. The molecule has 154 valence electrons. The Morgan fingerprint density at radius 2 is 1.52 bits per heavy atom. The van der Waals surface area contributed by atoms with Gasteiger partial charge in [-0.05, 0) is 41.8 Å². The SMILES string of the molecule is O.O=S(=O)([O-])c1cc(O)c2c(N=Cc3ccccc3O)cc(S(=O)(=O)O)cc2c1. The summed E-state index contributed by atoms with van der Waals surface area (Å²) in [6.07, 6.45) is 1.19. The van der Waals surface area contributed by atoms with Crippen LogP contribution < -0.4 is 0 Å². The Labute approximate surface area is 165 Å². The average molecular weight is 440 g/mol. The van der Waals surface area contributed by atoms with Crippen LogP contribution in [0.25, 0.3) is 10.8 Å². The molecule has 0 aliphatic rings. The Morgan fingerprint density at radius 3 is 2.10 bits per heavy atom. The van der Waals surface area contributed by atoms with Crippen molar-refractivity contribution >= 4 is 42.9 Å². The summed E-state index contributed by atoms with van der Waals surface area (Å²) in [5, 5.41) is 19.8. The lowest BCUT2D eigenvalue weighted by molar-refractivity contribution is 0.458. The number of phenols is 2. The fourth-order valence-electron chi connectivity index (χ4n) is 2.55. The minimum absolute atomic E-state index is 0. The van der Waals surface area contributed by atoms with Crippen molar-refractivity contribution in [2.45, 2.75) is 9.79 Å². The smallest absolute Gasteiger partial charge is 0.294 e. The van der Waals surface area contributed by atoms with Crippen LogP contribution in [0.15, 0.2) is 63.3 Å². The zero-order valence-electron chi connectivity index (χ0n) is 14.3. The van der Waals surface area contributed by atoms with Gasteiger partial charge in [-0.1, -0.05) is 12.1 Å². The molecule has 0 heterocycles. The first kappa shape index (κ1) is 22.3. The molecular weight excluding hydrogens is 426 g/mol. The molecule has 0 aliphatic carbocycles. The number of nitrogens with zero attached hydrogens (tertiary/aromatic N) is 1. The second kappa shape index (κ2) is 7.77. The van der Waals surface area contributed by atoms with Crippen molar-refractivity contribution in [1.82, 2.24) is 0 Å². The maximum atomic E-state index is 11.5. The zero-order chi connectivity index (χ0) is 20.7. The first-order chi connectivity index (χ1) is 13.0. The van der Waals surface area contributed by atoms with Crippen LogP contribution in [-0.2, 0) is 20.2 Å². The molecule has 12 heteroatoms. The number of benzene rings is 3. The Bertz CT molecular complexity index is 1330. The van der Waals surface area contributed by atoms with Crippen LogP contribution >= 0.6 is 0 Å². The summed E-state index contributed by atoms with van der Waals surface area (Å²) < 4.78 is 66.2. The third-order valence-corrected chi connectivity index (χ3v) is 5.46. The van der Waals surface area contributed by atoms with E-state index in [1.807, 2.05) is 0 Å². The molecule has 0 atom stereocenters. The predicted octanol–water partition coefficient (Wildman–Crippen LogP) is 1.33. The lowest BCUT2D eigenvalue weighted by Gasteiger charge is -2.12. The number of fused-ring (bicyclic) bond motifs is 1. The number of rotatable bonds is 4. The Morgan fingerprint density at radius 1 is 0.897 bits per heavy atom. The molecule has 10 nitrogen and oxygen atoms in total. The lowest BCUT2D eigenvalue weighted by atomic mass is 10.1. The molecule has 5 N–H and O–H groups in total. The summed E-state index contributed by atoms with van der Waals surface area (Å²) in [5.74, 6) is -0.733. The molecule has 0 aromatic heterocycles. The molecule has 0 radical (unpaired) electrons. The van der Waals surface area contributed by atoms with Crippen molar-refractivity contribution in [2.75, 3.05) is 0 Å². The molecule has 0 spiro atoms. The summed E-state index contributed by atoms with van der Waals surface area (Å²) in [5.41, 5.74) is 0.145. The molecule has 0 bridgehead atoms. The summed E-state index contributed by atoms with van der Waals surface area (Å²) in [6, 6.07) is 9.57. The minimum Gasteiger partial charge on any atom is -0.744 e. The Kier molecular flexibility index (Phi) is 5.96. The van der Waals surface area contributed by atoms with E-state index >= 15 is 0 Å². The summed E-state index contributed by atoms with van der Waals surface area (Å²) in [7, 11) is -9.63. The van der Waals surface area contributed by atoms with E-state index in [2.05, 4.69) is 4.99 Å². The fourth-order valence-corrected chi connectivity index (χ4v) is 3.61. The highest BCUT2D eigenvalue weighted by Gasteiger charge is 2.17. The predicted molar refractivity (Wildman–Crippen MR) is 102 cm³/mol. The molecule has 29 heavy (non-hydrogen) atoms. The number of hydrogen-bond acceptors (Lipinski definition) is 8. The van der Waals surface area contributed by atoms with E-state index < -0.39 is 35.8 Å². The molecular formula is C17H14NO9S2-. The second-order valence-electron chi connectivity index (χ2n) is 5.73. The van der Waals surface area contributed by atoms with Crippen LogP contribution in [0.5, 0.6) is 11.5 Å². The second-order valence-corrected chi connectivity index (χ2v) is 8.53. The van der Waals surface area contributed by atoms with Crippen LogP contribution in [0.3, 0.4) is 0 Å². The van der Waals surface area contributed by atoms with Crippen LogP contribution in [-0.4, -0.2) is 47.8 Å². The Balaban J connectivity index is 0.00000300. The van der Waals surface area contributed by atoms with E-state index in [9.17, 15) is 36.2 Å². The van der Waals surface area contributed by atoms with E-state index in [0.29, 0.717) is 0 Å². The maximum Gasteiger partial charge on any atom is 0.294 e. The third-order valence-electron chi connectivity index (χ3n) is 3.82. The highest BCUT2D eigenvalue weighted by Crippen LogP contribution is 2.38. The van der Waals surface area contributed by atoms with Crippen molar-refractivity contribution in [3.8, 4) is 11.5 Å². The molecule has 3 aromatic carbocycles. The van der Waals surface area contributed by atoms with Gasteiger partial charge in [-0.15, -0.1) is 0 Å². The van der Waals surface area contributed by atoms with Gasteiger partial charge in [-0.3, -0.25) is 9.55 Å². The van der Waals surface area contributed by atoms with Gasteiger partial charge >= 0.3 is 0 Å². The quantitative estimate of drug-likeness (QED) is 0.399. The molecule has 3 aromatic rings. The van der Waals surface area contributed by atoms with E-state index in [0.717, 1.165) is 24.3 Å². The molecule has 0 saturated carbocycles. The van der Waals surface area contributed by atoms with Gasteiger partial charge in [-0.2, -0.15) is 8.42 Å². The molecule has 0 amide bonds. The normalized spacial score (nSPS) is 12.2. The van der Waals surface area contributed by atoms with Crippen LogP contribution in [0.2, 0.25) is 0 Å². The zero-order valence-corrected chi connectivity index (χ0v) is 16.0. The van der Waals surface area contributed by atoms with E-state index in [-0.39, 0.29) is 33.2 Å². The first-order valence-electron chi connectivity index (χ1n) is 7.53. The van der Waals surface area contributed by atoms with Gasteiger partial charge in [0.05, 0.1) is 15.5 Å². The third kappa shape index (κ3) is 4.70. The molecule has 0 saturated heterocycles. The first-order valence-corrected chi connectivity index (χ1v) is 10.4. The van der Waals surface area contributed by atoms with Gasteiger partial charge < -0.3 is 20.2 Å². The molecule has 0 aliphatic heterocycles. The van der Waals surface area contributed by atoms with Crippen LogP contribution in [0.1, 0.15) is 5.56 Å². The van der Waals surface area contributed by atoms with E-state index in [1.165, 1.54) is 18.3 Å². The minimum atomic E-state index is -4.93. The number of para-hydroxylation sites is 1. The van der Waals surface area contributed by atoms with Gasteiger partial charge in [0.15, 0.2) is 0 Å². The van der Waals surface area contributed by atoms with Crippen molar-refractivity contribution in [1.29, 1.82) is 0 Å². The molecule has 0 fully saturated rings. The van der Waals surface area contributed by atoms with Crippen molar-refractivity contribution < 1.29 is 41.6 Å². The van der Waals surface area contributed by atoms with E-state index in [4.69, 9.17) is 0 Å². The molecule has 0 unspecified atom stereocenters. The summed E-state index contributed by atoms with van der Waals surface area (Å²) in [4.78, 5) is 2.65. The largest absolute Gasteiger partial charge is 0.744 e. The standard InChI is InChI=1S/C17H13NO8S2.H2O/c19-15-4-2-1-3-10(15)9-18-14-7-12(27(21,22)23)5-11-6-13(28(24,25)26)8-16(20)17(11)14;/h1-9,19-20H,(H,21,22,23)(H,24,25,26);1H2/p-1. The topological polar surface area (TPSA) is 196 Å². The van der Waals surface area contributed by atoms with Gasteiger partial charge in [0.25, 0.3) is 10.1 Å². The van der Waals surface area contributed by atoms with E-state index in [1.54, 1.807) is 12.1 Å². The number of hydrogen-bond donors (Lipinski definition) is 3. The number of aromatic hydroxyl groups is 2. The van der Waals surface area contributed by atoms with Gasteiger partial charge in [0.1, 0.15) is 21.6 Å². The monoisotopic (exact) mass is 440 g/mol. The van der Waals surface area contributed by atoms with Gasteiger partial charge in [0, 0.05) is 17.2 Å². The average Bonchev–Trinajstić information content (AvgIpc) is 2.58. The van der Waals surface area contributed by atoms with Crippen molar-refractivity contribution in [3.63, 3.8) is 0 Å². The highest BCUT2D eigenvalue weighted by molar-refractivity contribution is 7.86. The van der Waals surface area contributed by atoms with Crippen molar-refractivity contribution in [3.05, 3.63) is 54.1 Å². The number of aliphatic imine (C=N–C) groups is 1. The summed E-state index contributed by atoms with van der Waals surface area (Å²) in [6.45, 7) is 0. The fraction of sp³-hybridized carbons (Fsp3) is 0.